The van der Waals surface area contributed by atoms with Crippen molar-refractivity contribution in [1.82, 2.24) is 10.2 Å². The van der Waals surface area contributed by atoms with Crippen molar-refractivity contribution in [2.24, 2.45) is 0 Å². The molecule has 1 saturated heterocycles. The maximum absolute atomic E-state index is 5.70. The number of thioether (sulfide) groups is 1. The molecule has 1 aromatic rings. The fourth-order valence-electron chi connectivity index (χ4n) is 1.88. The Labute approximate surface area is 104 Å². The average molecular weight is 256 g/mol. The van der Waals surface area contributed by atoms with Crippen LogP contribution < -0.4 is 0 Å². The second-order valence-corrected chi connectivity index (χ2v) is 6.76. The highest BCUT2D eigenvalue weighted by Crippen LogP contribution is 2.42. The van der Waals surface area contributed by atoms with Crippen LogP contribution in [0.2, 0.25) is 0 Å². The fourth-order valence-corrected chi connectivity index (χ4v) is 4.01. The van der Waals surface area contributed by atoms with Crippen LogP contribution in [0.15, 0.2) is 4.34 Å². The molecule has 1 aromatic heterocycles. The van der Waals surface area contributed by atoms with E-state index in [9.17, 15) is 0 Å². The van der Waals surface area contributed by atoms with E-state index in [1.807, 2.05) is 11.8 Å². The van der Waals surface area contributed by atoms with Gasteiger partial charge in [-0.2, -0.15) is 0 Å². The van der Waals surface area contributed by atoms with Crippen LogP contribution in [0.1, 0.15) is 43.0 Å². The van der Waals surface area contributed by atoms with Crippen LogP contribution in [-0.2, 0) is 4.74 Å². The molecular weight excluding hydrogens is 240 g/mol. The summed E-state index contributed by atoms with van der Waals surface area (Å²) in [6, 6.07) is 0. The molecule has 1 atom stereocenters. The first-order chi connectivity index (χ1) is 7.92. The average Bonchev–Trinajstić information content (AvgIpc) is 3.08. The summed E-state index contributed by atoms with van der Waals surface area (Å²) in [6.45, 7) is 0.939. The Bertz CT molecular complexity index is 346. The molecule has 2 fully saturated rings. The molecule has 3 rings (SSSR count). The number of ether oxygens (including phenoxy) is 1. The normalized spacial score (nSPS) is 25.9. The Balaban J connectivity index is 1.49. The first kappa shape index (κ1) is 11.0. The topological polar surface area (TPSA) is 35.0 Å². The fraction of sp³-hybridized carbons (Fsp3) is 0.818. The largest absolute Gasteiger partial charge is 0.377 e. The number of aromatic nitrogens is 2. The van der Waals surface area contributed by atoms with Gasteiger partial charge in [0.2, 0.25) is 0 Å². The van der Waals surface area contributed by atoms with E-state index in [0.29, 0.717) is 6.10 Å². The van der Waals surface area contributed by atoms with E-state index in [-0.39, 0.29) is 0 Å². The van der Waals surface area contributed by atoms with Gasteiger partial charge in [-0.3, -0.25) is 0 Å². The number of rotatable bonds is 4. The van der Waals surface area contributed by atoms with Gasteiger partial charge in [-0.25, -0.2) is 0 Å². The molecule has 0 aromatic carbocycles. The van der Waals surface area contributed by atoms with E-state index in [1.165, 1.54) is 37.1 Å². The Morgan fingerprint density at radius 1 is 1.25 bits per heavy atom. The second kappa shape index (κ2) is 5.02. The highest BCUT2D eigenvalue weighted by atomic mass is 32.2. The Morgan fingerprint density at radius 2 is 2.19 bits per heavy atom. The van der Waals surface area contributed by atoms with Crippen molar-refractivity contribution in [3.05, 3.63) is 5.01 Å². The van der Waals surface area contributed by atoms with Crippen molar-refractivity contribution >= 4 is 23.1 Å². The van der Waals surface area contributed by atoms with Crippen LogP contribution in [0, 0.1) is 0 Å². The first-order valence-electron chi connectivity index (χ1n) is 5.99. The molecule has 0 unspecified atom stereocenters. The zero-order chi connectivity index (χ0) is 10.8. The van der Waals surface area contributed by atoms with E-state index in [2.05, 4.69) is 10.2 Å². The third-order valence-electron chi connectivity index (χ3n) is 3.02. The van der Waals surface area contributed by atoms with Crippen molar-refractivity contribution in [2.75, 3.05) is 12.4 Å². The summed E-state index contributed by atoms with van der Waals surface area (Å²) in [7, 11) is 0. The van der Waals surface area contributed by atoms with Gasteiger partial charge < -0.3 is 4.74 Å². The molecule has 2 aliphatic rings. The van der Waals surface area contributed by atoms with Gasteiger partial charge in [-0.05, 0) is 32.1 Å². The van der Waals surface area contributed by atoms with Gasteiger partial charge in [0.05, 0.1) is 6.10 Å². The molecular formula is C11H16N2OS2. The Kier molecular flexibility index (Phi) is 3.45. The molecule has 16 heavy (non-hydrogen) atoms. The quantitative estimate of drug-likeness (QED) is 0.776. The highest BCUT2D eigenvalue weighted by Gasteiger charge is 2.27. The van der Waals surface area contributed by atoms with Crippen molar-refractivity contribution in [3.63, 3.8) is 0 Å². The molecule has 0 radical (unpaired) electrons. The maximum Gasteiger partial charge on any atom is 0.174 e. The molecule has 88 valence electrons. The Hall–Kier alpha value is -0.130. The predicted octanol–water partition coefficient (Wildman–Crippen LogP) is 3.08. The number of nitrogens with zero attached hydrogens (tertiary/aromatic N) is 2. The van der Waals surface area contributed by atoms with E-state index < -0.39 is 0 Å². The first-order valence-corrected chi connectivity index (χ1v) is 7.80. The summed E-state index contributed by atoms with van der Waals surface area (Å²) >= 11 is 3.59. The van der Waals surface area contributed by atoms with Crippen LogP contribution in [-0.4, -0.2) is 28.7 Å². The molecule has 0 bridgehead atoms. The molecule has 1 aliphatic heterocycles. The van der Waals surface area contributed by atoms with Gasteiger partial charge >= 0.3 is 0 Å². The van der Waals surface area contributed by atoms with Crippen LogP contribution in [0.4, 0.5) is 0 Å². The number of hydrogen-bond acceptors (Lipinski definition) is 5. The smallest absolute Gasteiger partial charge is 0.174 e. The molecule has 1 saturated carbocycles. The predicted molar refractivity (Wildman–Crippen MR) is 66.2 cm³/mol. The maximum atomic E-state index is 5.70. The standard InChI is InChI=1S/C11H16N2OS2/c1-2-6-14-9(3-1)7-15-11-13-12-10(16-11)8-4-5-8/h8-9H,1-7H2/t9-/m0/s1. The lowest BCUT2D eigenvalue weighted by atomic mass is 10.1. The van der Waals surface area contributed by atoms with Gasteiger partial charge in [-0.15, -0.1) is 10.2 Å². The summed E-state index contributed by atoms with van der Waals surface area (Å²) in [4.78, 5) is 0. The van der Waals surface area contributed by atoms with Crippen molar-refractivity contribution < 1.29 is 4.74 Å². The van der Waals surface area contributed by atoms with Crippen molar-refractivity contribution in [1.29, 1.82) is 0 Å². The van der Waals surface area contributed by atoms with Crippen LogP contribution in [0.5, 0.6) is 0 Å². The second-order valence-electron chi connectivity index (χ2n) is 4.48. The summed E-state index contributed by atoms with van der Waals surface area (Å²) in [5, 5.41) is 9.73. The molecule has 1 aliphatic carbocycles. The van der Waals surface area contributed by atoms with Gasteiger partial charge in [0.15, 0.2) is 4.34 Å². The highest BCUT2D eigenvalue weighted by molar-refractivity contribution is 8.01. The summed E-state index contributed by atoms with van der Waals surface area (Å²) in [5.41, 5.74) is 0. The third kappa shape index (κ3) is 2.76. The molecule has 0 N–H and O–H groups in total. The molecule has 3 nitrogen and oxygen atoms in total. The lowest BCUT2D eigenvalue weighted by molar-refractivity contribution is 0.0315. The molecule has 2 heterocycles. The van der Waals surface area contributed by atoms with Gasteiger partial charge in [0.25, 0.3) is 0 Å². The summed E-state index contributed by atoms with van der Waals surface area (Å²) in [5.74, 6) is 1.78. The van der Waals surface area contributed by atoms with Gasteiger partial charge in [-0.1, -0.05) is 23.1 Å². The zero-order valence-corrected chi connectivity index (χ0v) is 10.9. The lowest BCUT2D eigenvalue weighted by Crippen LogP contribution is -2.21. The van der Waals surface area contributed by atoms with E-state index in [4.69, 9.17) is 4.74 Å². The lowest BCUT2D eigenvalue weighted by Gasteiger charge is -2.21. The number of hydrogen-bond donors (Lipinski definition) is 0. The van der Waals surface area contributed by atoms with Gasteiger partial charge in [0, 0.05) is 18.3 Å². The monoisotopic (exact) mass is 256 g/mol. The minimum Gasteiger partial charge on any atom is -0.377 e. The summed E-state index contributed by atoms with van der Waals surface area (Å²) < 4.78 is 6.82. The summed E-state index contributed by atoms with van der Waals surface area (Å²) in [6.07, 6.45) is 6.81. The van der Waals surface area contributed by atoms with Gasteiger partial charge in [0.1, 0.15) is 5.01 Å². The zero-order valence-electron chi connectivity index (χ0n) is 9.22. The minimum atomic E-state index is 0.437. The van der Waals surface area contributed by atoms with Crippen molar-refractivity contribution in [2.45, 2.75) is 48.5 Å². The molecule has 0 amide bonds. The minimum absolute atomic E-state index is 0.437. The molecule has 0 spiro atoms. The third-order valence-corrected chi connectivity index (χ3v) is 5.37. The van der Waals surface area contributed by atoms with Crippen LogP contribution in [0.3, 0.4) is 0 Å². The van der Waals surface area contributed by atoms with E-state index in [0.717, 1.165) is 22.6 Å². The SMILES string of the molecule is C1CC[C@@H](CSc2nnc(C3CC3)s2)OC1. The Morgan fingerprint density at radius 3 is 2.94 bits per heavy atom. The molecule has 5 heteroatoms. The van der Waals surface area contributed by atoms with Crippen LogP contribution >= 0.6 is 23.1 Å². The van der Waals surface area contributed by atoms with E-state index >= 15 is 0 Å². The van der Waals surface area contributed by atoms with Crippen LogP contribution in [0.25, 0.3) is 0 Å². The van der Waals surface area contributed by atoms with E-state index in [1.54, 1.807) is 11.3 Å². The van der Waals surface area contributed by atoms with Crippen molar-refractivity contribution in [3.8, 4) is 0 Å².